The van der Waals surface area contributed by atoms with E-state index >= 15 is 0 Å². The van der Waals surface area contributed by atoms with Crippen molar-refractivity contribution in [2.75, 3.05) is 6.54 Å². The topological polar surface area (TPSA) is 119 Å². The summed E-state index contributed by atoms with van der Waals surface area (Å²) in [4.78, 5) is 12.4. The summed E-state index contributed by atoms with van der Waals surface area (Å²) in [7, 11) is -2.15. The second-order valence-electron chi connectivity index (χ2n) is 6.05. The Morgan fingerprint density at radius 3 is 2.46 bits per heavy atom. The number of carbonyl (C=O) groups is 1. The highest BCUT2D eigenvalue weighted by Gasteiger charge is 2.28. The maximum atomic E-state index is 12.6. The van der Waals surface area contributed by atoms with E-state index in [2.05, 4.69) is 22.1 Å². The fourth-order valence-electron chi connectivity index (χ4n) is 2.51. The third-order valence-corrected chi connectivity index (χ3v) is 5.77. The van der Waals surface area contributed by atoms with E-state index in [1.807, 2.05) is 0 Å². The van der Waals surface area contributed by atoms with E-state index in [-0.39, 0.29) is 16.8 Å². The van der Waals surface area contributed by atoms with Crippen LogP contribution in [0.25, 0.3) is 0 Å². The Labute approximate surface area is 144 Å². The first-order valence-corrected chi connectivity index (χ1v) is 9.65. The molecule has 0 aliphatic carbocycles. The summed E-state index contributed by atoms with van der Waals surface area (Å²) in [6.45, 7) is 7.20. The fraction of sp³-hybridized carbons (Fsp3) is 0.733. The highest BCUT2D eigenvalue weighted by molar-refractivity contribution is 7.89. The van der Waals surface area contributed by atoms with Crippen LogP contribution in [0.4, 0.5) is 0 Å². The first kappa shape index (κ1) is 20.6. The minimum Gasteiger partial charge on any atom is -0.351 e. The van der Waals surface area contributed by atoms with Crippen molar-refractivity contribution in [1.29, 1.82) is 0 Å². The number of hydrogen-bond acceptors (Lipinski definition) is 5. The predicted molar refractivity (Wildman–Crippen MR) is 93.0 cm³/mol. The van der Waals surface area contributed by atoms with Gasteiger partial charge in [-0.05, 0) is 27.2 Å². The van der Waals surface area contributed by atoms with Gasteiger partial charge in [0.05, 0.1) is 17.4 Å². The summed E-state index contributed by atoms with van der Waals surface area (Å²) < 4.78 is 29.0. The number of nitrogens with two attached hydrogens (primary N) is 1. The molecule has 8 nitrogen and oxygen atoms in total. The second-order valence-corrected chi connectivity index (χ2v) is 7.70. The van der Waals surface area contributed by atoms with Gasteiger partial charge in [-0.2, -0.15) is 9.82 Å². The van der Waals surface area contributed by atoms with Crippen LogP contribution in [0, 0.1) is 13.8 Å². The van der Waals surface area contributed by atoms with Crippen molar-refractivity contribution < 1.29 is 13.2 Å². The molecule has 0 spiro atoms. The molecule has 9 heteroatoms. The van der Waals surface area contributed by atoms with Gasteiger partial charge in [-0.3, -0.25) is 9.48 Å². The van der Waals surface area contributed by atoms with Crippen molar-refractivity contribution in [3.05, 3.63) is 11.4 Å². The molecule has 1 heterocycles. The van der Waals surface area contributed by atoms with E-state index in [9.17, 15) is 13.2 Å². The van der Waals surface area contributed by atoms with Gasteiger partial charge in [0, 0.05) is 19.6 Å². The van der Waals surface area contributed by atoms with Gasteiger partial charge >= 0.3 is 0 Å². The summed E-state index contributed by atoms with van der Waals surface area (Å²) in [5.41, 5.74) is 6.58. The largest absolute Gasteiger partial charge is 0.351 e. The number of rotatable bonds is 9. The molecule has 138 valence electrons. The minimum absolute atomic E-state index is 0.117. The molecule has 1 amide bonds. The Morgan fingerprint density at radius 2 is 2.00 bits per heavy atom. The van der Waals surface area contributed by atoms with Crippen molar-refractivity contribution in [3.63, 3.8) is 0 Å². The predicted octanol–water partition coefficient (Wildman–Crippen LogP) is 0.337. The molecule has 0 aliphatic rings. The van der Waals surface area contributed by atoms with Crippen LogP contribution in [0.1, 0.15) is 44.5 Å². The van der Waals surface area contributed by atoms with E-state index < -0.39 is 16.1 Å². The molecule has 0 bridgehead atoms. The first-order chi connectivity index (χ1) is 11.1. The number of sulfonamides is 1. The Morgan fingerprint density at radius 1 is 1.38 bits per heavy atom. The smallest absolute Gasteiger partial charge is 0.244 e. The zero-order valence-electron chi connectivity index (χ0n) is 15.1. The number of aryl methyl sites for hydroxylation is 2. The zero-order valence-corrected chi connectivity index (χ0v) is 15.9. The Bertz CT molecular complexity index is 669. The quantitative estimate of drug-likeness (QED) is 0.587. The van der Waals surface area contributed by atoms with E-state index in [1.165, 1.54) is 11.6 Å². The van der Waals surface area contributed by atoms with Crippen molar-refractivity contribution in [1.82, 2.24) is 19.8 Å². The zero-order chi connectivity index (χ0) is 18.5. The van der Waals surface area contributed by atoms with Gasteiger partial charge in [-0.1, -0.05) is 19.8 Å². The Hall–Kier alpha value is -1.45. The highest BCUT2D eigenvalue weighted by Crippen LogP contribution is 2.18. The highest BCUT2D eigenvalue weighted by atomic mass is 32.2. The number of nitrogens with zero attached hydrogens (tertiary/aromatic N) is 2. The van der Waals surface area contributed by atoms with Crippen LogP contribution >= 0.6 is 0 Å². The molecule has 1 rings (SSSR count). The van der Waals surface area contributed by atoms with Crippen LogP contribution in [-0.2, 0) is 21.9 Å². The number of unbranched alkanes of at least 4 members (excludes halogenated alkanes) is 1. The number of carbonyl (C=O) groups excluding carboxylic acids is 1. The second kappa shape index (κ2) is 8.59. The van der Waals surface area contributed by atoms with Crippen LogP contribution < -0.4 is 15.8 Å². The molecule has 0 saturated carbocycles. The Balaban J connectivity index is 2.81. The molecule has 1 aromatic rings. The van der Waals surface area contributed by atoms with Gasteiger partial charge in [-0.25, -0.2) is 8.42 Å². The summed E-state index contributed by atoms with van der Waals surface area (Å²) in [6, 6.07) is -1.05. The van der Waals surface area contributed by atoms with Gasteiger partial charge in [0.15, 0.2) is 0 Å². The van der Waals surface area contributed by atoms with E-state index in [0.29, 0.717) is 17.9 Å². The standard InChI is InChI=1S/C15H29N5O3S/c1-6-7-8-13(9-16)17-15(21)11(3)19-24(22,23)14-10(2)18-20(5)12(14)4/h11,13,19H,6-9,16H2,1-5H3,(H,17,21). The van der Waals surface area contributed by atoms with Crippen LogP contribution in [-0.4, -0.2) is 42.7 Å². The maximum absolute atomic E-state index is 12.6. The van der Waals surface area contributed by atoms with Crippen molar-refractivity contribution >= 4 is 15.9 Å². The lowest BCUT2D eigenvalue weighted by Gasteiger charge is -2.20. The molecule has 0 aliphatic heterocycles. The molecular formula is C15H29N5O3S. The van der Waals surface area contributed by atoms with Crippen LogP contribution in [0.3, 0.4) is 0 Å². The SMILES string of the molecule is CCCCC(CN)NC(=O)C(C)NS(=O)(=O)c1c(C)nn(C)c1C. The lowest BCUT2D eigenvalue weighted by molar-refractivity contribution is -0.123. The van der Waals surface area contributed by atoms with Crippen molar-refractivity contribution in [2.45, 2.75) is 63.9 Å². The lowest BCUT2D eigenvalue weighted by atomic mass is 10.1. The summed E-state index contributed by atoms with van der Waals surface area (Å²) >= 11 is 0. The third kappa shape index (κ3) is 5.02. The van der Waals surface area contributed by atoms with E-state index in [0.717, 1.165) is 19.3 Å². The Kier molecular flexibility index (Phi) is 7.37. The number of aromatic nitrogens is 2. The molecule has 4 N–H and O–H groups in total. The lowest BCUT2D eigenvalue weighted by Crippen LogP contribution is -2.50. The van der Waals surface area contributed by atoms with Gasteiger partial charge in [0.1, 0.15) is 4.90 Å². The molecule has 1 aromatic heterocycles. The summed E-state index contributed by atoms with van der Waals surface area (Å²) in [6.07, 6.45) is 2.74. The number of nitrogens with one attached hydrogen (secondary N) is 2. The summed E-state index contributed by atoms with van der Waals surface area (Å²) in [5.74, 6) is -0.385. The van der Waals surface area contributed by atoms with Crippen LogP contribution in [0.5, 0.6) is 0 Å². The minimum atomic E-state index is -3.83. The third-order valence-electron chi connectivity index (χ3n) is 3.97. The van der Waals surface area contributed by atoms with Crippen molar-refractivity contribution in [2.24, 2.45) is 12.8 Å². The molecule has 2 atom stereocenters. The van der Waals surface area contributed by atoms with Crippen LogP contribution in [0.2, 0.25) is 0 Å². The maximum Gasteiger partial charge on any atom is 0.244 e. The van der Waals surface area contributed by atoms with Gasteiger partial charge in [-0.15, -0.1) is 0 Å². The van der Waals surface area contributed by atoms with E-state index in [4.69, 9.17) is 5.73 Å². The molecule has 0 aromatic carbocycles. The molecular weight excluding hydrogens is 330 g/mol. The van der Waals surface area contributed by atoms with Crippen molar-refractivity contribution in [3.8, 4) is 0 Å². The fourth-order valence-corrected chi connectivity index (χ4v) is 4.15. The molecule has 0 radical (unpaired) electrons. The van der Waals surface area contributed by atoms with Gasteiger partial charge in [0.25, 0.3) is 0 Å². The normalized spacial score (nSPS) is 14.4. The van der Waals surface area contributed by atoms with E-state index in [1.54, 1.807) is 20.9 Å². The van der Waals surface area contributed by atoms with Gasteiger partial charge in [0.2, 0.25) is 15.9 Å². The molecule has 0 fully saturated rings. The first-order valence-electron chi connectivity index (χ1n) is 8.17. The van der Waals surface area contributed by atoms with Gasteiger partial charge < -0.3 is 11.1 Å². The number of amides is 1. The number of hydrogen-bond donors (Lipinski definition) is 3. The monoisotopic (exact) mass is 359 g/mol. The molecule has 0 saturated heterocycles. The molecule has 24 heavy (non-hydrogen) atoms. The van der Waals surface area contributed by atoms with Crippen LogP contribution in [0.15, 0.2) is 4.90 Å². The average Bonchev–Trinajstić information content (AvgIpc) is 2.76. The molecule has 2 unspecified atom stereocenters. The average molecular weight is 359 g/mol. The summed E-state index contributed by atoms with van der Waals surface area (Å²) in [5, 5.41) is 6.90.